The van der Waals surface area contributed by atoms with Gasteiger partial charge < -0.3 is 15.1 Å². The van der Waals surface area contributed by atoms with E-state index in [2.05, 4.69) is 16.0 Å². The third-order valence-corrected chi connectivity index (χ3v) is 5.36. The minimum Gasteiger partial charge on any atom is -0.457 e. The lowest BCUT2D eigenvalue weighted by molar-refractivity contribution is -0.116. The largest absolute Gasteiger partial charge is 0.457 e. The minimum absolute atomic E-state index is 0.0404. The molecule has 3 rings (SSSR count). The number of carbonyl (C=O) groups is 2. The molecule has 0 atom stereocenters. The first-order valence-electron chi connectivity index (χ1n) is 9.70. The second kappa shape index (κ2) is 11.3. The van der Waals surface area contributed by atoms with Gasteiger partial charge in [0.2, 0.25) is 11.8 Å². The summed E-state index contributed by atoms with van der Waals surface area (Å²) in [5.41, 5.74) is 1.68. The van der Waals surface area contributed by atoms with E-state index in [1.807, 2.05) is 0 Å². The molecule has 10 heteroatoms. The molecule has 0 spiro atoms. The molecular formula is C23H18Cl3N3O3S. The van der Waals surface area contributed by atoms with E-state index in [1.54, 1.807) is 55.5 Å². The Bertz CT molecular complexity index is 1240. The van der Waals surface area contributed by atoms with Gasteiger partial charge in [-0.2, -0.15) is 0 Å². The van der Waals surface area contributed by atoms with Crippen molar-refractivity contribution in [2.75, 3.05) is 10.6 Å². The van der Waals surface area contributed by atoms with E-state index >= 15 is 0 Å². The number of hydrogen-bond acceptors (Lipinski definition) is 4. The summed E-state index contributed by atoms with van der Waals surface area (Å²) in [4.78, 5) is 23.8. The number of rotatable bonds is 6. The first-order valence-corrected chi connectivity index (χ1v) is 11.2. The van der Waals surface area contributed by atoms with E-state index in [9.17, 15) is 9.59 Å². The molecule has 1 aromatic heterocycles. The molecule has 2 amide bonds. The average molecular weight is 523 g/mol. The molecule has 0 saturated carbocycles. The van der Waals surface area contributed by atoms with Gasteiger partial charge >= 0.3 is 0 Å². The van der Waals surface area contributed by atoms with Gasteiger partial charge in [0.25, 0.3) is 0 Å². The summed E-state index contributed by atoms with van der Waals surface area (Å²) in [6.45, 7) is 1.75. The van der Waals surface area contributed by atoms with Gasteiger partial charge in [-0.3, -0.25) is 14.9 Å². The number of carbonyl (C=O) groups excluding carboxylic acids is 2. The fourth-order valence-corrected chi connectivity index (χ4v) is 3.57. The van der Waals surface area contributed by atoms with Crippen molar-refractivity contribution in [1.29, 1.82) is 0 Å². The summed E-state index contributed by atoms with van der Waals surface area (Å²) in [7, 11) is 0. The second-order valence-electron chi connectivity index (χ2n) is 6.70. The summed E-state index contributed by atoms with van der Waals surface area (Å²) >= 11 is 23.5. The van der Waals surface area contributed by atoms with Crippen LogP contribution >= 0.6 is 47.0 Å². The van der Waals surface area contributed by atoms with Gasteiger partial charge in [-0.1, -0.05) is 41.7 Å². The standard InChI is InChI=1S/C23H18Cl3N3O3S/c1-2-21(30)27-14-4-8-17(25)19(12-14)28-23(33)29-22(31)10-6-15-5-9-20(32-15)16-7-3-13(24)11-18(16)26/h3-12H,2H2,1H3,(H,27,30)(H2,28,29,31,33)/b10-6+. The first kappa shape index (κ1) is 24.8. The molecule has 0 bridgehead atoms. The van der Waals surface area contributed by atoms with E-state index in [0.29, 0.717) is 49.9 Å². The smallest absolute Gasteiger partial charge is 0.250 e. The topological polar surface area (TPSA) is 83.4 Å². The van der Waals surface area contributed by atoms with Gasteiger partial charge in [-0.15, -0.1) is 0 Å². The lowest BCUT2D eigenvalue weighted by atomic mass is 10.2. The molecule has 0 aliphatic rings. The lowest BCUT2D eigenvalue weighted by Gasteiger charge is -2.12. The summed E-state index contributed by atoms with van der Waals surface area (Å²) in [6, 6.07) is 13.4. The van der Waals surface area contributed by atoms with E-state index in [4.69, 9.17) is 51.4 Å². The van der Waals surface area contributed by atoms with Crippen molar-refractivity contribution in [1.82, 2.24) is 5.32 Å². The number of nitrogens with one attached hydrogen (secondary N) is 3. The predicted octanol–water partition coefficient (Wildman–Crippen LogP) is 6.78. The van der Waals surface area contributed by atoms with Crippen LogP contribution in [0.15, 0.2) is 59.0 Å². The number of amides is 2. The Morgan fingerprint density at radius 3 is 2.52 bits per heavy atom. The van der Waals surface area contributed by atoms with Crippen molar-refractivity contribution in [3.8, 4) is 11.3 Å². The van der Waals surface area contributed by atoms with Gasteiger partial charge in [-0.05, 0) is 66.8 Å². The number of benzene rings is 2. The number of hydrogen-bond donors (Lipinski definition) is 3. The van der Waals surface area contributed by atoms with Gasteiger partial charge in [0, 0.05) is 28.8 Å². The van der Waals surface area contributed by atoms with Crippen molar-refractivity contribution in [2.45, 2.75) is 13.3 Å². The fourth-order valence-electron chi connectivity index (χ4n) is 2.69. The molecule has 33 heavy (non-hydrogen) atoms. The highest BCUT2D eigenvalue weighted by atomic mass is 35.5. The number of furan rings is 1. The summed E-state index contributed by atoms with van der Waals surface area (Å²) in [5.74, 6) is 0.385. The second-order valence-corrected chi connectivity index (χ2v) is 8.36. The Hall–Kier alpha value is -2.84. The zero-order valence-electron chi connectivity index (χ0n) is 17.2. The fraction of sp³-hybridized carbons (Fsp3) is 0.0870. The van der Waals surface area contributed by atoms with Gasteiger partial charge in [-0.25, -0.2) is 0 Å². The summed E-state index contributed by atoms with van der Waals surface area (Å²) < 4.78 is 5.72. The molecular weight excluding hydrogens is 505 g/mol. The molecule has 0 radical (unpaired) electrons. The van der Waals surface area contributed by atoms with E-state index < -0.39 is 5.91 Å². The zero-order chi connectivity index (χ0) is 24.0. The number of halogens is 3. The molecule has 2 aromatic carbocycles. The highest BCUT2D eigenvalue weighted by molar-refractivity contribution is 7.80. The molecule has 0 aliphatic heterocycles. The number of thiocarbonyl (C=S) groups is 1. The van der Waals surface area contributed by atoms with Crippen LogP contribution in [0.25, 0.3) is 17.4 Å². The Balaban J connectivity index is 1.60. The van der Waals surface area contributed by atoms with Crippen LogP contribution < -0.4 is 16.0 Å². The van der Waals surface area contributed by atoms with Crippen molar-refractivity contribution in [3.05, 3.63) is 75.4 Å². The molecule has 1 heterocycles. The third kappa shape index (κ3) is 7.07. The molecule has 0 unspecified atom stereocenters. The van der Waals surface area contributed by atoms with Crippen molar-refractivity contribution in [3.63, 3.8) is 0 Å². The Labute approximate surface area is 210 Å². The predicted molar refractivity (Wildman–Crippen MR) is 138 cm³/mol. The van der Waals surface area contributed by atoms with E-state index in [-0.39, 0.29) is 11.0 Å². The summed E-state index contributed by atoms with van der Waals surface area (Å²) in [6.07, 6.45) is 3.12. The highest BCUT2D eigenvalue weighted by Gasteiger charge is 2.10. The van der Waals surface area contributed by atoms with Crippen LogP contribution in [0.3, 0.4) is 0 Å². The monoisotopic (exact) mass is 521 g/mol. The maximum Gasteiger partial charge on any atom is 0.250 e. The van der Waals surface area contributed by atoms with Crippen LogP contribution in [-0.2, 0) is 9.59 Å². The average Bonchev–Trinajstić information content (AvgIpc) is 3.23. The first-order chi connectivity index (χ1) is 15.7. The minimum atomic E-state index is -0.471. The summed E-state index contributed by atoms with van der Waals surface area (Å²) in [5, 5.41) is 9.49. The van der Waals surface area contributed by atoms with Crippen LogP contribution in [0.4, 0.5) is 11.4 Å². The van der Waals surface area contributed by atoms with Crippen LogP contribution in [0, 0.1) is 0 Å². The zero-order valence-corrected chi connectivity index (χ0v) is 20.3. The quantitative estimate of drug-likeness (QED) is 0.245. The Morgan fingerprint density at radius 2 is 1.79 bits per heavy atom. The Morgan fingerprint density at radius 1 is 1.00 bits per heavy atom. The van der Waals surface area contributed by atoms with E-state index in [0.717, 1.165) is 0 Å². The normalized spacial score (nSPS) is 10.8. The lowest BCUT2D eigenvalue weighted by Crippen LogP contribution is -2.32. The number of anilines is 2. The van der Waals surface area contributed by atoms with E-state index in [1.165, 1.54) is 12.2 Å². The molecule has 3 N–H and O–H groups in total. The van der Waals surface area contributed by atoms with Crippen molar-refractivity contribution < 1.29 is 14.0 Å². The molecule has 0 saturated heterocycles. The van der Waals surface area contributed by atoms with Crippen LogP contribution in [0.2, 0.25) is 15.1 Å². The molecule has 0 fully saturated rings. The van der Waals surface area contributed by atoms with Crippen LogP contribution in [0.1, 0.15) is 19.1 Å². The van der Waals surface area contributed by atoms with Crippen molar-refractivity contribution >= 4 is 81.4 Å². The van der Waals surface area contributed by atoms with Crippen molar-refractivity contribution in [2.24, 2.45) is 0 Å². The molecule has 0 aliphatic carbocycles. The van der Waals surface area contributed by atoms with Crippen LogP contribution in [-0.4, -0.2) is 16.9 Å². The SMILES string of the molecule is CCC(=O)Nc1ccc(Cl)c(NC(=S)NC(=O)/C=C/c2ccc(-c3ccc(Cl)cc3Cl)o2)c1. The maximum atomic E-state index is 12.2. The van der Waals surface area contributed by atoms with Gasteiger partial charge in [0.05, 0.1) is 15.7 Å². The Kier molecular flexibility index (Phi) is 8.52. The molecule has 6 nitrogen and oxygen atoms in total. The highest BCUT2D eigenvalue weighted by Crippen LogP contribution is 2.31. The third-order valence-electron chi connectivity index (χ3n) is 4.28. The van der Waals surface area contributed by atoms with Gasteiger partial charge in [0.1, 0.15) is 11.5 Å². The van der Waals surface area contributed by atoms with Crippen LogP contribution in [0.5, 0.6) is 0 Å². The molecule has 170 valence electrons. The maximum absolute atomic E-state index is 12.2. The molecule has 3 aromatic rings. The van der Waals surface area contributed by atoms with Gasteiger partial charge in [0.15, 0.2) is 5.11 Å².